The molecule has 0 bridgehead atoms. The molecule has 1 aliphatic heterocycles. The zero-order valence-electron chi connectivity index (χ0n) is 13.6. The molecule has 2 N–H and O–H groups in total. The highest BCUT2D eigenvalue weighted by atomic mass is 16.3. The summed E-state index contributed by atoms with van der Waals surface area (Å²) in [4.78, 5) is 14.8. The Bertz CT molecular complexity index is 325. The van der Waals surface area contributed by atoms with Crippen LogP contribution in [-0.2, 0) is 4.79 Å². The molecule has 4 heteroatoms. The van der Waals surface area contributed by atoms with E-state index < -0.39 is 0 Å². The normalized spacial score (nSPS) is 27.0. The largest absolute Gasteiger partial charge is 0.394 e. The average molecular weight is 296 g/mol. The van der Waals surface area contributed by atoms with Crippen LogP contribution in [-0.4, -0.2) is 47.2 Å². The maximum atomic E-state index is 12.5. The molecule has 1 aliphatic carbocycles. The lowest BCUT2D eigenvalue weighted by molar-refractivity contribution is -0.126. The van der Waals surface area contributed by atoms with Crippen LogP contribution in [0.25, 0.3) is 0 Å². The zero-order valence-corrected chi connectivity index (χ0v) is 13.6. The molecule has 0 aromatic heterocycles. The fourth-order valence-corrected chi connectivity index (χ4v) is 3.98. The predicted octanol–water partition coefficient (Wildman–Crippen LogP) is 2.45. The molecule has 2 fully saturated rings. The number of nitrogens with zero attached hydrogens (tertiary/aromatic N) is 1. The van der Waals surface area contributed by atoms with E-state index in [0.717, 1.165) is 38.6 Å². The van der Waals surface area contributed by atoms with Crippen LogP contribution in [0.4, 0.5) is 0 Å². The lowest BCUT2D eigenvalue weighted by Crippen LogP contribution is -2.55. The van der Waals surface area contributed by atoms with Gasteiger partial charge in [0, 0.05) is 6.04 Å². The summed E-state index contributed by atoms with van der Waals surface area (Å²) in [5, 5.41) is 13.0. The maximum Gasteiger partial charge on any atom is 0.234 e. The maximum absolute atomic E-state index is 12.5. The van der Waals surface area contributed by atoms with Crippen molar-refractivity contribution < 1.29 is 9.90 Å². The van der Waals surface area contributed by atoms with Gasteiger partial charge in [-0.3, -0.25) is 9.69 Å². The molecule has 1 saturated heterocycles. The highest BCUT2D eigenvalue weighted by Gasteiger charge is 2.33. The summed E-state index contributed by atoms with van der Waals surface area (Å²) in [5.74, 6) is 0.103. The van der Waals surface area contributed by atoms with Gasteiger partial charge in [0.05, 0.1) is 18.7 Å². The second-order valence-electron chi connectivity index (χ2n) is 6.93. The van der Waals surface area contributed by atoms with Crippen molar-refractivity contribution in [1.29, 1.82) is 0 Å². The van der Waals surface area contributed by atoms with E-state index in [9.17, 15) is 9.90 Å². The van der Waals surface area contributed by atoms with Crippen LogP contribution in [0.2, 0.25) is 0 Å². The Morgan fingerprint density at radius 2 is 1.90 bits per heavy atom. The number of nitrogens with one attached hydrogen (secondary N) is 1. The number of likely N-dealkylation sites (tertiary alicyclic amines) is 1. The number of amides is 1. The Hall–Kier alpha value is -0.610. The molecular formula is C17H32N2O2. The van der Waals surface area contributed by atoms with Crippen LogP contribution >= 0.6 is 0 Å². The van der Waals surface area contributed by atoms with E-state index in [1.807, 2.05) is 0 Å². The summed E-state index contributed by atoms with van der Waals surface area (Å²) in [6, 6.07) is 0.559. The second-order valence-corrected chi connectivity index (χ2v) is 6.93. The average Bonchev–Trinajstić information content (AvgIpc) is 2.74. The molecule has 4 nitrogen and oxygen atoms in total. The molecule has 1 atom stereocenters. The number of piperidine rings is 1. The summed E-state index contributed by atoms with van der Waals surface area (Å²) in [6.07, 6.45) is 11.4. The van der Waals surface area contributed by atoms with Gasteiger partial charge in [-0.25, -0.2) is 0 Å². The lowest BCUT2D eigenvalue weighted by Gasteiger charge is -2.37. The standard InChI is InChI=1S/C17H32N2O2/c1-2-15-9-5-8-12-19(15)13-16(21)18-17(14-20)10-6-3-4-7-11-17/h15,20H,2-14H2,1H3,(H,18,21)/t15-/m0/s1. The Balaban J connectivity index is 1.89. The van der Waals surface area contributed by atoms with Crippen molar-refractivity contribution in [1.82, 2.24) is 10.2 Å². The molecule has 21 heavy (non-hydrogen) atoms. The molecule has 2 aliphatic rings. The van der Waals surface area contributed by atoms with Crippen molar-refractivity contribution >= 4 is 5.91 Å². The molecule has 1 amide bonds. The summed E-state index contributed by atoms with van der Waals surface area (Å²) in [5.41, 5.74) is -0.356. The van der Waals surface area contributed by atoms with E-state index in [1.165, 1.54) is 32.1 Å². The van der Waals surface area contributed by atoms with Crippen molar-refractivity contribution in [3.05, 3.63) is 0 Å². The summed E-state index contributed by atoms with van der Waals surface area (Å²) < 4.78 is 0. The van der Waals surface area contributed by atoms with Gasteiger partial charge in [0.2, 0.25) is 5.91 Å². The van der Waals surface area contributed by atoms with E-state index in [0.29, 0.717) is 12.6 Å². The van der Waals surface area contributed by atoms with Crippen LogP contribution in [0.5, 0.6) is 0 Å². The highest BCUT2D eigenvalue weighted by Crippen LogP contribution is 2.27. The molecule has 2 rings (SSSR count). The van der Waals surface area contributed by atoms with E-state index in [2.05, 4.69) is 17.1 Å². The van der Waals surface area contributed by atoms with E-state index >= 15 is 0 Å². The van der Waals surface area contributed by atoms with E-state index in [-0.39, 0.29) is 18.1 Å². The molecule has 122 valence electrons. The highest BCUT2D eigenvalue weighted by molar-refractivity contribution is 5.79. The van der Waals surface area contributed by atoms with Gasteiger partial charge in [-0.15, -0.1) is 0 Å². The van der Waals surface area contributed by atoms with Gasteiger partial charge in [0.15, 0.2) is 0 Å². The minimum Gasteiger partial charge on any atom is -0.394 e. The molecule has 0 aromatic carbocycles. The number of rotatable bonds is 5. The Labute approximate surface area is 129 Å². The topological polar surface area (TPSA) is 52.6 Å². The van der Waals surface area contributed by atoms with Crippen LogP contribution in [0.1, 0.15) is 71.1 Å². The predicted molar refractivity (Wildman–Crippen MR) is 85.2 cm³/mol. The van der Waals surface area contributed by atoms with Gasteiger partial charge in [0.25, 0.3) is 0 Å². The number of hydrogen-bond acceptors (Lipinski definition) is 3. The Morgan fingerprint density at radius 1 is 1.19 bits per heavy atom. The SMILES string of the molecule is CC[C@H]1CCCCN1CC(=O)NC1(CO)CCCCCC1. The van der Waals surface area contributed by atoms with Crippen molar-refractivity contribution in [3.8, 4) is 0 Å². The van der Waals surface area contributed by atoms with Gasteiger partial charge in [0.1, 0.15) is 0 Å². The van der Waals surface area contributed by atoms with Crippen LogP contribution in [0.15, 0.2) is 0 Å². The smallest absolute Gasteiger partial charge is 0.234 e. The summed E-state index contributed by atoms with van der Waals surface area (Å²) >= 11 is 0. The molecular weight excluding hydrogens is 264 g/mol. The minimum absolute atomic E-state index is 0.0793. The van der Waals surface area contributed by atoms with Gasteiger partial charge >= 0.3 is 0 Å². The first-order valence-corrected chi connectivity index (χ1v) is 8.85. The fraction of sp³-hybridized carbons (Fsp3) is 0.941. The van der Waals surface area contributed by atoms with Crippen LogP contribution in [0, 0.1) is 0 Å². The Morgan fingerprint density at radius 3 is 2.52 bits per heavy atom. The number of aliphatic hydroxyl groups is 1. The molecule has 1 saturated carbocycles. The van der Waals surface area contributed by atoms with Crippen LogP contribution < -0.4 is 5.32 Å². The van der Waals surface area contributed by atoms with Gasteiger partial charge < -0.3 is 10.4 Å². The number of carbonyl (C=O) groups is 1. The van der Waals surface area contributed by atoms with Gasteiger partial charge in [-0.05, 0) is 38.6 Å². The van der Waals surface area contributed by atoms with Crippen molar-refractivity contribution in [3.63, 3.8) is 0 Å². The number of carbonyl (C=O) groups excluding carboxylic acids is 1. The van der Waals surface area contributed by atoms with Crippen LogP contribution in [0.3, 0.4) is 0 Å². The third-order valence-corrected chi connectivity index (χ3v) is 5.33. The monoisotopic (exact) mass is 296 g/mol. The van der Waals surface area contributed by atoms with Crippen molar-refractivity contribution in [2.45, 2.75) is 82.7 Å². The van der Waals surface area contributed by atoms with Gasteiger partial charge in [-0.1, -0.05) is 39.0 Å². The quantitative estimate of drug-likeness (QED) is 0.766. The summed E-state index contributed by atoms with van der Waals surface area (Å²) in [7, 11) is 0. The molecule has 0 aromatic rings. The van der Waals surface area contributed by atoms with Gasteiger partial charge in [-0.2, -0.15) is 0 Å². The third kappa shape index (κ3) is 4.68. The first-order valence-electron chi connectivity index (χ1n) is 8.85. The molecule has 0 unspecified atom stereocenters. The number of aliphatic hydroxyl groups excluding tert-OH is 1. The first-order chi connectivity index (χ1) is 10.2. The number of hydrogen-bond donors (Lipinski definition) is 2. The Kier molecular flexibility index (Phi) is 6.49. The first kappa shape index (κ1) is 16.8. The minimum atomic E-state index is -0.356. The second kappa shape index (κ2) is 8.14. The van der Waals surface area contributed by atoms with E-state index in [1.54, 1.807) is 0 Å². The zero-order chi connectivity index (χ0) is 15.1. The third-order valence-electron chi connectivity index (χ3n) is 5.33. The lowest BCUT2D eigenvalue weighted by atomic mass is 9.91. The van der Waals surface area contributed by atoms with Crippen molar-refractivity contribution in [2.75, 3.05) is 19.7 Å². The van der Waals surface area contributed by atoms with Crippen molar-refractivity contribution in [2.24, 2.45) is 0 Å². The molecule has 0 radical (unpaired) electrons. The molecule has 0 spiro atoms. The fourth-order valence-electron chi connectivity index (χ4n) is 3.98. The van der Waals surface area contributed by atoms with E-state index in [4.69, 9.17) is 0 Å². The summed E-state index contributed by atoms with van der Waals surface area (Å²) in [6.45, 7) is 3.83. The molecule has 1 heterocycles.